The van der Waals surface area contributed by atoms with Gasteiger partial charge >= 0.3 is 6.09 Å². The molecule has 0 aliphatic heterocycles. The molecule has 0 saturated heterocycles. The van der Waals surface area contributed by atoms with Gasteiger partial charge in [-0.2, -0.15) is 0 Å². The lowest BCUT2D eigenvalue weighted by atomic mass is 10.4. The Morgan fingerprint density at radius 3 is 3.14 bits per heavy atom. The quantitative estimate of drug-likeness (QED) is 0.688. The Kier molecular flexibility index (Phi) is 4.57. The van der Waals surface area contributed by atoms with Crippen LogP contribution >= 0.6 is 0 Å². The highest BCUT2D eigenvalue weighted by Gasteiger charge is 2.02. The summed E-state index contributed by atoms with van der Waals surface area (Å²) in [7, 11) is 0. The standard InChI is InChI=1S/C9H14N2O3/c10-4-2-5-11-9(12)14-7-8-3-1-6-13-8/h1,3,6H,2,4-5,7,10H2,(H,11,12). The molecule has 0 aliphatic carbocycles. The van der Waals surface area contributed by atoms with Crippen molar-refractivity contribution in [2.45, 2.75) is 13.0 Å². The molecule has 1 rings (SSSR count). The first kappa shape index (κ1) is 10.6. The van der Waals surface area contributed by atoms with Crippen LogP contribution in [-0.4, -0.2) is 19.2 Å². The van der Waals surface area contributed by atoms with Gasteiger partial charge in [-0.25, -0.2) is 4.79 Å². The lowest BCUT2D eigenvalue weighted by molar-refractivity contribution is 0.131. The number of alkyl carbamates (subject to hydrolysis) is 1. The molecule has 78 valence electrons. The average Bonchev–Trinajstić information content (AvgIpc) is 2.68. The minimum atomic E-state index is -0.449. The summed E-state index contributed by atoms with van der Waals surface area (Å²) in [6.45, 7) is 1.24. The highest BCUT2D eigenvalue weighted by atomic mass is 16.6. The van der Waals surface area contributed by atoms with Crippen molar-refractivity contribution in [3.63, 3.8) is 0 Å². The van der Waals surface area contributed by atoms with Gasteiger partial charge in [0.2, 0.25) is 0 Å². The average molecular weight is 198 g/mol. The van der Waals surface area contributed by atoms with Crippen molar-refractivity contribution in [3.05, 3.63) is 24.2 Å². The summed E-state index contributed by atoms with van der Waals surface area (Å²) in [6.07, 6.45) is 1.83. The number of carbonyl (C=O) groups is 1. The third-order valence-electron chi connectivity index (χ3n) is 1.58. The van der Waals surface area contributed by atoms with E-state index in [1.54, 1.807) is 12.1 Å². The molecule has 0 spiro atoms. The van der Waals surface area contributed by atoms with E-state index in [2.05, 4.69) is 5.32 Å². The normalized spacial score (nSPS) is 9.79. The van der Waals surface area contributed by atoms with Crippen LogP contribution in [0, 0.1) is 0 Å². The summed E-state index contributed by atoms with van der Waals surface area (Å²) in [4.78, 5) is 11.0. The van der Waals surface area contributed by atoms with E-state index in [9.17, 15) is 4.79 Å². The van der Waals surface area contributed by atoms with Crippen LogP contribution in [0.2, 0.25) is 0 Å². The molecule has 14 heavy (non-hydrogen) atoms. The van der Waals surface area contributed by atoms with Crippen LogP contribution in [0.15, 0.2) is 22.8 Å². The summed E-state index contributed by atoms with van der Waals surface area (Å²) in [6, 6.07) is 3.48. The first-order chi connectivity index (χ1) is 6.83. The Hall–Kier alpha value is -1.49. The maximum absolute atomic E-state index is 11.0. The molecule has 0 radical (unpaired) electrons. The van der Waals surface area contributed by atoms with Crippen LogP contribution < -0.4 is 11.1 Å². The van der Waals surface area contributed by atoms with Crippen LogP contribution in [0.4, 0.5) is 4.79 Å². The van der Waals surface area contributed by atoms with Crippen LogP contribution in [-0.2, 0) is 11.3 Å². The number of nitrogens with two attached hydrogens (primary N) is 1. The summed E-state index contributed by atoms with van der Waals surface area (Å²) in [5.74, 6) is 0.624. The maximum atomic E-state index is 11.0. The summed E-state index contributed by atoms with van der Waals surface area (Å²) in [5, 5.41) is 2.56. The lowest BCUT2D eigenvalue weighted by Gasteiger charge is -2.04. The zero-order chi connectivity index (χ0) is 10.2. The molecule has 5 nitrogen and oxygen atoms in total. The van der Waals surface area contributed by atoms with Crippen molar-refractivity contribution in [3.8, 4) is 0 Å². The van der Waals surface area contributed by atoms with E-state index in [1.165, 1.54) is 6.26 Å². The molecule has 0 atom stereocenters. The second-order valence-electron chi connectivity index (χ2n) is 2.72. The van der Waals surface area contributed by atoms with Gasteiger partial charge in [0, 0.05) is 6.54 Å². The van der Waals surface area contributed by atoms with Crippen LogP contribution in [0.1, 0.15) is 12.2 Å². The lowest BCUT2D eigenvalue weighted by Crippen LogP contribution is -2.26. The van der Waals surface area contributed by atoms with Gasteiger partial charge in [-0.15, -0.1) is 0 Å². The fourth-order valence-corrected chi connectivity index (χ4v) is 0.875. The third kappa shape index (κ3) is 3.95. The van der Waals surface area contributed by atoms with E-state index in [-0.39, 0.29) is 6.61 Å². The molecule has 3 N–H and O–H groups in total. The minimum absolute atomic E-state index is 0.154. The highest BCUT2D eigenvalue weighted by Crippen LogP contribution is 2.01. The van der Waals surface area contributed by atoms with Crippen LogP contribution in [0.5, 0.6) is 0 Å². The van der Waals surface area contributed by atoms with E-state index < -0.39 is 6.09 Å². The molecule has 0 bridgehead atoms. The Morgan fingerprint density at radius 2 is 2.50 bits per heavy atom. The van der Waals surface area contributed by atoms with Gasteiger partial charge in [0.25, 0.3) is 0 Å². The van der Waals surface area contributed by atoms with Crippen molar-refractivity contribution in [2.75, 3.05) is 13.1 Å². The van der Waals surface area contributed by atoms with Crippen molar-refractivity contribution < 1.29 is 13.9 Å². The molecule has 1 heterocycles. The minimum Gasteiger partial charge on any atom is -0.466 e. The Labute approximate surface area is 82.2 Å². The fourth-order valence-electron chi connectivity index (χ4n) is 0.875. The number of hydrogen-bond acceptors (Lipinski definition) is 4. The van der Waals surface area contributed by atoms with Gasteiger partial charge in [0.05, 0.1) is 6.26 Å². The summed E-state index contributed by atoms with van der Waals surface area (Å²) in [5.41, 5.74) is 5.26. The molecule has 0 fully saturated rings. The Balaban J connectivity index is 2.09. The molecule has 0 aromatic carbocycles. The zero-order valence-corrected chi connectivity index (χ0v) is 7.86. The van der Waals surface area contributed by atoms with Crippen molar-refractivity contribution in [1.29, 1.82) is 0 Å². The second kappa shape index (κ2) is 6.04. The van der Waals surface area contributed by atoms with Gasteiger partial charge in [0.15, 0.2) is 6.61 Å². The number of nitrogens with one attached hydrogen (secondary N) is 1. The molecule has 1 amide bonds. The van der Waals surface area contributed by atoms with Gasteiger partial charge < -0.3 is 20.2 Å². The number of furan rings is 1. The molecule has 0 aliphatic rings. The number of ether oxygens (including phenoxy) is 1. The van der Waals surface area contributed by atoms with Gasteiger partial charge in [-0.05, 0) is 25.1 Å². The first-order valence-electron chi connectivity index (χ1n) is 4.46. The predicted molar refractivity (Wildman–Crippen MR) is 50.6 cm³/mol. The molecule has 0 saturated carbocycles. The van der Waals surface area contributed by atoms with Crippen LogP contribution in [0.3, 0.4) is 0 Å². The highest BCUT2D eigenvalue weighted by molar-refractivity contribution is 5.66. The Morgan fingerprint density at radius 1 is 1.64 bits per heavy atom. The number of amides is 1. The fraction of sp³-hybridized carbons (Fsp3) is 0.444. The zero-order valence-electron chi connectivity index (χ0n) is 7.86. The SMILES string of the molecule is NCCCNC(=O)OCc1ccco1. The number of hydrogen-bond donors (Lipinski definition) is 2. The van der Waals surface area contributed by atoms with E-state index in [1.807, 2.05) is 0 Å². The third-order valence-corrected chi connectivity index (χ3v) is 1.58. The molecule has 1 aromatic heterocycles. The van der Waals surface area contributed by atoms with Gasteiger partial charge in [-0.1, -0.05) is 0 Å². The predicted octanol–water partition coefficient (Wildman–Crippen LogP) is 0.855. The van der Waals surface area contributed by atoms with E-state index in [0.717, 1.165) is 6.42 Å². The van der Waals surface area contributed by atoms with Crippen molar-refractivity contribution in [1.82, 2.24) is 5.32 Å². The summed E-state index contributed by atoms with van der Waals surface area (Å²) >= 11 is 0. The first-order valence-corrected chi connectivity index (χ1v) is 4.46. The topological polar surface area (TPSA) is 77.5 Å². The smallest absolute Gasteiger partial charge is 0.407 e. The molecular weight excluding hydrogens is 184 g/mol. The number of rotatable bonds is 5. The van der Waals surface area contributed by atoms with Crippen molar-refractivity contribution in [2.24, 2.45) is 5.73 Å². The number of carbonyl (C=O) groups excluding carboxylic acids is 1. The second-order valence-corrected chi connectivity index (χ2v) is 2.72. The molecular formula is C9H14N2O3. The van der Waals surface area contributed by atoms with Crippen molar-refractivity contribution >= 4 is 6.09 Å². The molecule has 5 heteroatoms. The molecule has 1 aromatic rings. The maximum Gasteiger partial charge on any atom is 0.407 e. The Bertz CT molecular complexity index is 259. The van der Waals surface area contributed by atoms with E-state index >= 15 is 0 Å². The summed E-state index contributed by atoms with van der Waals surface area (Å²) < 4.78 is 9.83. The van der Waals surface area contributed by atoms with Gasteiger partial charge in [-0.3, -0.25) is 0 Å². The largest absolute Gasteiger partial charge is 0.466 e. The van der Waals surface area contributed by atoms with E-state index in [0.29, 0.717) is 18.8 Å². The van der Waals surface area contributed by atoms with Gasteiger partial charge in [0.1, 0.15) is 5.76 Å². The monoisotopic (exact) mass is 198 g/mol. The van der Waals surface area contributed by atoms with E-state index in [4.69, 9.17) is 14.9 Å². The molecule has 0 unspecified atom stereocenters. The van der Waals surface area contributed by atoms with Crippen LogP contribution in [0.25, 0.3) is 0 Å².